The Morgan fingerprint density at radius 2 is 1.11 bits per heavy atom. The van der Waals surface area contributed by atoms with Gasteiger partial charge in [0.1, 0.15) is 5.82 Å². The van der Waals surface area contributed by atoms with Gasteiger partial charge in [-0.25, -0.2) is 0 Å². The van der Waals surface area contributed by atoms with Gasteiger partial charge in [0.25, 0.3) is 0 Å². The van der Waals surface area contributed by atoms with Crippen LogP contribution in [0.15, 0.2) is 91.0 Å². The van der Waals surface area contributed by atoms with E-state index in [0.29, 0.717) is 11.8 Å². The zero-order valence-electron chi connectivity index (χ0n) is 22.1. The van der Waals surface area contributed by atoms with Crippen molar-refractivity contribution in [2.75, 3.05) is 0 Å². The van der Waals surface area contributed by atoms with Crippen LogP contribution in [-0.2, 0) is 0 Å². The number of hydrogen-bond donors (Lipinski definition) is 0. The summed E-state index contributed by atoms with van der Waals surface area (Å²) in [5, 5.41) is 11.7. The summed E-state index contributed by atoms with van der Waals surface area (Å²) in [6, 6.07) is 32.6. The zero-order chi connectivity index (χ0) is 25.7. The molecule has 0 atom stereocenters. The summed E-state index contributed by atoms with van der Waals surface area (Å²) in [4.78, 5) is 0. The Bertz CT molecular complexity index is 1650. The molecule has 0 unspecified atom stereocenters. The molecule has 0 saturated heterocycles. The average molecular weight is 485 g/mol. The van der Waals surface area contributed by atoms with Crippen LogP contribution in [0.5, 0.6) is 0 Å². The van der Waals surface area contributed by atoms with Crippen molar-refractivity contribution in [1.82, 2.24) is 19.3 Å². The van der Waals surface area contributed by atoms with E-state index in [9.17, 15) is 0 Å². The molecule has 0 bridgehead atoms. The van der Waals surface area contributed by atoms with Crippen molar-refractivity contribution in [3.8, 4) is 22.8 Å². The van der Waals surface area contributed by atoms with Crippen LogP contribution in [0.3, 0.4) is 0 Å². The molecule has 4 heteroatoms. The van der Waals surface area contributed by atoms with Crippen LogP contribution in [-0.4, -0.2) is 19.3 Å². The van der Waals surface area contributed by atoms with Crippen LogP contribution >= 0.6 is 0 Å². The summed E-state index contributed by atoms with van der Waals surface area (Å²) in [5.74, 6) is 2.56. The monoisotopic (exact) mass is 484 g/mol. The quantitative estimate of drug-likeness (QED) is 0.246. The maximum Gasteiger partial charge on any atom is 0.168 e. The third-order valence-electron chi connectivity index (χ3n) is 7.35. The Balaban J connectivity index is 1.51. The lowest BCUT2D eigenvalue weighted by atomic mass is 9.92. The highest BCUT2D eigenvalue weighted by molar-refractivity contribution is 6.09. The van der Waals surface area contributed by atoms with Crippen LogP contribution in [0.25, 0.3) is 44.6 Å². The van der Waals surface area contributed by atoms with Gasteiger partial charge in [0.2, 0.25) is 0 Å². The fourth-order valence-corrected chi connectivity index (χ4v) is 5.55. The zero-order valence-corrected chi connectivity index (χ0v) is 22.1. The van der Waals surface area contributed by atoms with E-state index in [1.54, 1.807) is 0 Å². The van der Waals surface area contributed by atoms with E-state index in [1.807, 2.05) is 6.92 Å². The Hall–Kier alpha value is -4.18. The standard InChI is InChI=1S/C33H32N4/c1-21(2)26-13-10-14-27(22(3)4)32(26)36-23(5)34-35-33(36)24-17-19-25(20-18-24)37-30-15-8-6-11-28(30)29-12-7-9-16-31(29)37/h6-22H,1-5H3. The molecule has 6 aromatic rings. The molecule has 0 radical (unpaired) electrons. The fraction of sp³-hybridized carbons (Fsp3) is 0.212. The van der Waals surface area contributed by atoms with Crippen molar-refractivity contribution in [2.24, 2.45) is 0 Å². The molecular formula is C33H32N4. The summed E-state index contributed by atoms with van der Waals surface area (Å²) in [7, 11) is 0. The smallest absolute Gasteiger partial charge is 0.168 e. The maximum atomic E-state index is 4.66. The van der Waals surface area contributed by atoms with Gasteiger partial charge < -0.3 is 4.57 Å². The number of para-hydroxylation sites is 3. The lowest BCUT2D eigenvalue weighted by molar-refractivity contribution is 0.799. The fourth-order valence-electron chi connectivity index (χ4n) is 5.55. The topological polar surface area (TPSA) is 35.6 Å². The first kappa shape index (κ1) is 23.2. The number of nitrogens with zero attached hydrogens (tertiary/aromatic N) is 4. The van der Waals surface area contributed by atoms with E-state index in [0.717, 1.165) is 22.9 Å². The number of fused-ring (bicyclic) bond motifs is 3. The highest BCUT2D eigenvalue weighted by atomic mass is 15.3. The van der Waals surface area contributed by atoms with Gasteiger partial charge in [0.05, 0.1) is 16.7 Å². The van der Waals surface area contributed by atoms with Crippen LogP contribution in [0.1, 0.15) is 56.5 Å². The van der Waals surface area contributed by atoms with E-state index in [4.69, 9.17) is 0 Å². The molecule has 0 fully saturated rings. The molecule has 0 N–H and O–H groups in total. The summed E-state index contributed by atoms with van der Waals surface area (Å²) in [5.41, 5.74) is 8.46. The minimum Gasteiger partial charge on any atom is -0.309 e. The van der Waals surface area contributed by atoms with Crippen molar-refractivity contribution < 1.29 is 0 Å². The number of aryl methyl sites for hydroxylation is 1. The van der Waals surface area contributed by atoms with Crippen molar-refractivity contribution >= 4 is 21.8 Å². The summed E-state index contributed by atoms with van der Waals surface area (Å²) < 4.78 is 4.59. The van der Waals surface area contributed by atoms with Gasteiger partial charge in [-0.3, -0.25) is 4.57 Å². The van der Waals surface area contributed by atoms with Crippen LogP contribution in [0.2, 0.25) is 0 Å². The molecular weight excluding hydrogens is 452 g/mol. The van der Waals surface area contributed by atoms with E-state index in [2.05, 4.69) is 138 Å². The molecule has 4 aromatic carbocycles. The van der Waals surface area contributed by atoms with Gasteiger partial charge in [-0.05, 0) is 66.3 Å². The van der Waals surface area contributed by atoms with Gasteiger partial charge in [0.15, 0.2) is 5.82 Å². The van der Waals surface area contributed by atoms with E-state index in [1.165, 1.54) is 38.6 Å². The van der Waals surface area contributed by atoms with Gasteiger partial charge in [-0.2, -0.15) is 0 Å². The SMILES string of the molecule is Cc1nnc(-c2ccc(-n3c4ccccc4c4ccccc43)cc2)n1-c1c(C(C)C)cccc1C(C)C. The molecule has 0 amide bonds. The summed E-state index contributed by atoms with van der Waals surface area (Å²) >= 11 is 0. The molecule has 0 saturated carbocycles. The molecule has 37 heavy (non-hydrogen) atoms. The van der Waals surface area contributed by atoms with Crippen LogP contribution in [0, 0.1) is 6.92 Å². The van der Waals surface area contributed by atoms with Crippen molar-refractivity contribution in [3.05, 3.63) is 108 Å². The van der Waals surface area contributed by atoms with E-state index in [-0.39, 0.29) is 0 Å². The minimum atomic E-state index is 0.390. The van der Waals surface area contributed by atoms with Crippen LogP contribution < -0.4 is 0 Å². The van der Waals surface area contributed by atoms with Gasteiger partial charge in [-0.1, -0.05) is 82.3 Å². The van der Waals surface area contributed by atoms with Crippen molar-refractivity contribution in [1.29, 1.82) is 0 Å². The maximum absolute atomic E-state index is 4.66. The lowest BCUT2D eigenvalue weighted by Gasteiger charge is -2.22. The second-order valence-corrected chi connectivity index (χ2v) is 10.4. The largest absolute Gasteiger partial charge is 0.309 e. The second kappa shape index (κ2) is 9.04. The predicted octanol–water partition coefficient (Wildman–Crippen LogP) is 8.59. The molecule has 0 aliphatic heterocycles. The molecule has 0 aliphatic carbocycles. The number of benzene rings is 4. The first-order chi connectivity index (χ1) is 18.0. The van der Waals surface area contributed by atoms with Gasteiger partial charge >= 0.3 is 0 Å². The summed E-state index contributed by atoms with van der Waals surface area (Å²) in [6.07, 6.45) is 0. The van der Waals surface area contributed by atoms with Gasteiger partial charge in [0, 0.05) is 22.0 Å². The third kappa shape index (κ3) is 3.75. The molecule has 184 valence electrons. The molecule has 4 nitrogen and oxygen atoms in total. The second-order valence-electron chi connectivity index (χ2n) is 10.4. The Morgan fingerprint density at radius 1 is 0.568 bits per heavy atom. The van der Waals surface area contributed by atoms with Crippen molar-refractivity contribution in [2.45, 2.75) is 46.5 Å². The molecule has 2 heterocycles. The highest BCUT2D eigenvalue weighted by Crippen LogP contribution is 2.36. The minimum absolute atomic E-state index is 0.390. The van der Waals surface area contributed by atoms with Crippen LogP contribution in [0.4, 0.5) is 0 Å². The van der Waals surface area contributed by atoms with Gasteiger partial charge in [-0.15, -0.1) is 10.2 Å². The van der Waals surface area contributed by atoms with E-state index < -0.39 is 0 Å². The Morgan fingerprint density at radius 3 is 1.65 bits per heavy atom. The average Bonchev–Trinajstić information content (AvgIpc) is 3.46. The Labute approximate surface area is 218 Å². The molecule has 0 aliphatic rings. The molecule has 0 spiro atoms. The highest BCUT2D eigenvalue weighted by Gasteiger charge is 2.21. The molecule has 6 rings (SSSR count). The number of rotatable bonds is 5. The third-order valence-corrected chi connectivity index (χ3v) is 7.35. The summed E-state index contributed by atoms with van der Waals surface area (Å²) in [6.45, 7) is 11.1. The first-order valence-corrected chi connectivity index (χ1v) is 13.1. The number of aromatic nitrogens is 4. The first-order valence-electron chi connectivity index (χ1n) is 13.1. The lowest BCUT2D eigenvalue weighted by Crippen LogP contribution is -2.10. The predicted molar refractivity (Wildman–Crippen MR) is 154 cm³/mol. The van der Waals surface area contributed by atoms with E-state index >= 15 is 0 Å². The molecule has 2 aromatic heterocycles. The van der Waals surface area contributed by atoms with Crippen molar-refractivity contribution in [3.63, 3.8) is 0 Å². The number of hydrogen-bond acceptors (Lipinski definition) is 2. The normalized spacial score (nSPS) is 11.9. The Kier molecular flexibility index (Phi) is 5.68.